The Morgan fingerprint density at radius 3 is 2.50 bits per heavy atom. The van der Waals surface area contributed by atoms with Crippen LogP contribution in [0.4, 0.5) is 4.39 Å². The lowest BCUT2D eigenvalue weighted by molar-refractivity contribution is -0.141. The molecule has 2 rings (SSSR count). The lowest BCUT2D eigenvalue weighted by atomic mass is 10.0. The number of ether oxygens (including phenoxy) is 1. The molecule has 22 heavy (non-hydrogen) atoms. The summed E-state index contributed by atoms with van der Waals surface area (Å²) in [5.41, 5.74) is 1.52. The third-order valence-electron chi connectivity index (χ3n) is 3.24. The largest absolute Gasteiger partial charge is 0.469 e. The number of aryl methyl sites for hydroxylation is 1. The van der Waals surface area contributed by atoms with Crippen molar-refractivity contribution in [3.8, 4) is 0 Å². The minimum Gasteiger partial charge on any atom is -0.469 e. The zero-order chi connectivity index (χ0) is 16.1. The molecule has 4 nitrogen and oxygen atoms in total. The van der Waals surface area contributed by atoms with Crippen LogP contribution in [0.25, 0.3) is 0 Å². The summed E-state index contributed by atoms with van der Waals surface area (Å²) in [6.45, 7) is 1.85. The summed E-state index contributed by atoms with van der Waals surface area (Å²) in [6.07, 6.45) is -0.0156. The molecule has 0 aliphatic carbocycles. The molecule has 1 heterocycles. The summed E-state index contributed by atoms with van der Waals surface area (Å²) < 4.78 is 17.7. The zero-order valence-electron chi connectivity index (χ0n) is 12.3. The second-order valence-corrected chi connectivity index (χ2v) is 5.71. The molecule has 0 saturated carbocycles. The van der Waals surface area contributed by atoms with Gasteiger partial charge in [-0.2, -0.15) is 0 Å². The number of hydrogen-bond acceptors (Lipinski definition) is 4. The first-order valence-corrected chi connectivity index (χ1v) is 7.56. The number of esters is 1. The number of carbonyl (C=O) groups is 2. The zero-order valence-corrected chi connectivity index (χ0v) is 13.1. The van der Waals surface area contributed by atoms with Crippen LogP contribution in [0.5, 0.6) is 0 Å². The van der Waals surface area contributed by atoms with E-state index in [0.717, 1.165) is 5.56 Å². The van der Waals surface area contributed by atoms with Crippen LogP contribution in [0.15, 0.2) is 35.7 Å². The predicted octanol–water partition coefficient (Wildman–Crippen LogP) is 3.23. The summed E-state index contributed by atoms with van der Waals surface area (Å²) in [5.74, 6) is -1.08. The third kappa shape index (κ3) is 3.92. The fourth-order valence-electron chi connectivity index (χ4n) is 2.03. The van der Waals surface area contributed by atoms with Gasteiger partial charge in [-0.15, -0.1) is 11.3 Å². The fourth-order valence-corrected chi connectivity index (χ4v) is 2.85. The van der Waals surface area contributed by atoms with E-state index < -0.39 is 12.0 Å². The van der Waals surface area contributed by atoms with Gasteiger partial charge in [0.2, 0.25) is 0 Å². The van der Waals surface area contributed by atoms with Crippen LogP contribution in [-0.2, 0) is 9.53 Å². The molecule has 0 spiro atoms. The van der Waals surface area contributed by atoms with Gasteiger partial charge >= 0.3 is 5.97 Å². The van der Waals surface area contributed by atoms with Gasteiger partial charge in [0.05, 0.1) is 24.4 Å². The molecule has 116 valence electrons. The number of thiophene rings is 1. The predicted molar refractivity (Wildman–Crippen MR) is 82.3 cm³/mol. The maximum absolute atomic E-state index is 13.0. The summed E-state index contributed by atoms with van der Waals surface area (Å²) >= 11 is 1.33. The molecule has 1 aromatic carbocycles. The molecular formula is C16H16FNO3S. The fraction of sp³-hybridized carbons (Fsp3) is 0.250. The quantitative estimate of drug-likeness (QED) is 0.860. The van der Waals surface area contributed by atoms with Crippen molar-refractivity contribution in [3.63, 3.8) is 0 Å². The number of benzene rings is 1. The van der Waals surface area contributed by atoms with Crippen molar-refractivity contribution in [2.24, 2.45) is 0 Å². The molecule has 0 aliphatic heterocycles. The maximum atomic E-state index is 13.0. The van der Waals surface area contributed by atoms with E-state index in [1.54, 1.807) is 12.1 Å². The normalized spacial score (nSPS) is 11.8. The number of nitrogens with one attached hydrogen (secondary N) is 1. The number of amides is 1. The standard InChI is InChI=1S/C16H16FNO3S/c1-10-7-8-22-15(10)16(20)18-13(9-14(19)21-2)11-3-5-12(17)6-4-11/h3-8,13H,9H2,1-2H3,(H,18,20)/t13-/m0/s1. The first-order valence-electron chi connectivity index (χ1n) is 6.68. The molecule has 0 fully saturated rings. The monoisotopic (exact) mass is 321 g/mol. The minimum absolute atomic E-state index is 0.0156. The van der Waals surface area contributed by atoms with Gasteiger partial charge in [0.25, 0.3) is 5.91 Å². The van der Waals surface area contributed by atoms with Crippen molar-refractivity contribution in [1.29, 1.82) is 0 Å². The summed E-state index contributed by atoms with van der Waals surface area (Å²) in [6, 6.07) is 6.97. The molecule has 1 N–H and O–H groups in total. The summed E-state index contributed by atoms with van der Waals surface area (Å²) in [4.78, 5) is 24.5. The Morgan fingerprint density at radius 2 is 1.95 bits per heavy atom. The van der Waals surface area contributed by atoms with Gasteiger partial charge in [0, 0.05) is 0 Å². The Morgan fingerprint density at radius 1 is 1.27 bits per heavy atom. The Kier molecular flexibility index (Phi) is 5.27. The molecule has 0 unspecified atom stereocenters. The average Bonchev–Trinajstić information content (AvgIpc) is 2.93. The highest BCUT2D eigenvalue weighted by Crippen LogP contribution is 2.21. The Labute approximate surface area is 131 Å². The van der Waals surface area contributed by atoms with Gasteiger partial charge in [0.15, 0.2) is 0 Å². The van der Waals surface area contributed by atoms with E-state index in [1.807, 2.05) is 18.4 Å². The number of carbonyl (C=O) groups excluding carboxylic acids is 2. The van der Waals surface area contributed by atoms with Crippen molar-refractivity contribution in [2.75, 3.05) is 7.11 Å². The topological polar surface area (TPSA) is 55.4 Å². The van der Waals surface area contributed by atoms with E-state index in [2.05, 4.69) is 10.1 Å². The lowest BCUT2D eigenvalue weighted by Gasteiger charge is -2.18. The second kappa shape index (κ2) is 7.17. The van der Waals surface area contributed by atoms with Crippen molar-refractivity contribution < 1.29 is 18.7 Å². The number of methoxy groups -OCH3 is 1. The van der Waals surface area contributed by atoms with Gasteiger partial charge in [-0.1, -0.05) is 12.1 Å². The van der Waals surface area contributed by atoms with Gasteiger partial charge in [-0.25, -0.2) is 4.39 Å². The average molecular weight is 321 g/mol. The smallest absolute Gasteiger partial charge is 0.307 e. The van der Waals surface area contributed by atoms with Crippen LogP contribution < -0.4 is 5.32 Å². The maximum Gasteiger partial charge on any atom is 0.307 e. The first-order chi connectivity index (χ1) is 10.5. The molecule has 6 heteroatoms. The Hall–Kier alpha value is -2.21. The van der Waals surface area contributed by atoms with Crippen molar-refractivity contribution in [3.05, 3.63) is 57.5 Å². The van der Waals surface area contributed by atoms with Crippen LogP contribution in [0.3, 0.4) is 0 Å². The van der Waals surface area contributed by atoms with E-state index in [-0.39, 0.29) is 18.1 Å². The van der Waals surface area contributed by atoms with E-state index in [1.165, 1.54) is 30.6 Å². The molecular weight excluding hydrogens is 305 g/mol. The van der Waals surface area contributed by atoms with Crippen LogP contribution >= 0.6 is 11.3 Å². The minimum atomic E-state index is -0.568. The summed E-state index contributed by atoms with van der Waals surface area (Å²) in [5, 5.41) is 4.64. The summed E-state index contributed by atoms with van der Waals surface area (Å²) in [7, 11) is 1.29. The highest BCUT2D eigenvalue weighted by atomic mass is 32.1. The molecule has 0 aliphatic rings. The van der Waals surface area contributed by atoms with E-state index in [0.29, 0.717) is 10.4 Å². The van der Waals surface area contributed by atoms with Crippen LogP contribution in [-0.4, -0.2) is 19.0 Å². The molecule has 0 radical (unpaired) electrons. The Balaban J connectivity index is 2.21. The molecule has 2 aromatic rings. The van der Waals surface area contributed by atoms with Crippen molar-refractivity contribution in [2.45, 2.75) is 19.4 Å². The molecule has 0 saturated heterocycles. The molecule has 0 bridgehead atoms. The molecule has 1 atom stereocenters. The first kappa shape index (κ1) is 16.2. The van der Waals surface area contributed by atoms with Crippen molar-refractivity contribution in [1.82, 2.24) is 5.32 Å². The van der Waals surface area contributed by atoms with Gasteiger partial charge < -0.3 is 10.1 Å². The van der Waals surface area contributed by atoms with Crippen molar-refractivity contribution >= 4 is 23.2 Å². The highest BCUT2D eigenvalue weighted by molar-refractivity contribution is 7.12. The van der Waals surface area contributed by atoms with Crippen LogP contribution in [0, 0.1) is 12.7 Å². The second-order valence-electron chi connectivity index (χ2n) is 4.79. The number of halogens is 1. The number of hydrogen-bond donors (Lipinski definition) is 1. The van der Waals surface area contributed by atoms with E-state index >= 15 is 0 Å². The van der Waals surface area contributed by atoms with E-state index in [4.69, 9.17) is 0 Å². The third-order valence-corrected chi connectivity index (χ3v) is 4.26. The number of rotatable bonds is 5. The SMILES string of the molecule is COC(=O)C[C@H](NC(=O)c1sccc1C)c1ccc(F)cc1. The lowest BCUT2D eigenvalue weighted by Crippen LogP contribution is -2.30. The van der Waals surface area contributed by atoms with E-state index in [9.17, 15) is 14.0 Å². The Bertz CT molecular complexity index is 666. The van der Waals surface area contributed by atoms with Crippen LogP contribution in [0.1, 0.15) is 33.3 Å². The highest BCUT2D eigenvalue weighted by Gasteiger charge is 2.21. The molecule has 1 amide bonds. The van der Waals surface area contributed by atoms with Gasteiger partial charge in [-0.05, 0) is 41.6 Å². The van der Waals surface area contributed by atoms with Crippen LogP contribution in [0.2, 0.25) is 0 Å². The molecule has 1 aromatic heterocycles. The van der Waals surface area contributed by atoms with Gasteiger partial charge in [-0.3, -0.25) is 9.59 Å². The van der Waals surface area contributed by atoms with Gasteiger partial charge in [0.1, 0.15) is 5.82 Å².